The quantitative estimate of drug-likeness (QED) is 0.276. The molecule has 44 heavy (non-hydrogen) atoms. The van der Waals surface area contributed by atoms with Gasteiger partial charge in [0.05, 0.1) is 41.2 Å². The summed E-state index contributed by atoms with van der Waals surface area (Å²) in [6.45, 7) is 4.39. The molecule has 2 bridgehead atoms. The number of aliphatic hydroxyl groups is 1. The SMILES string of the molecule is CC(C)(O)COc1cc(-c2ccc(N3CC4CC(C3)N4C(=O)C(NC(=O)O)c3ccc(F)cc3)nc2)c2c(C#N)cnn2c1. The molecule has 3 aliphatic rings. The van der Waals surface area contributed by atoms with Crippen molar-refractivity contribution in [2.45, 2.75) is 44.0 Å². The zero-order chi connectivity index (χ0) is 31.2. The molecule has 3 aliphatic heterocycles. The summed E-state index contributed by atoms with van der Waals surface area (Å²) in [6.07, 6.45) is 4.31. The number of carbonyl (C=O) groups excluding carboxylic acids is 1. The van der Waals surface area contributed by atoms with Crippen LogP contribution in [0.25, 0.3) is 16.6 Å². The van der Waals surface area contributed by atoms with Gasteiger partial charge in [-0.05, 0) is 56.2 Å². The molecule has 7 rings (SSSR count). The van der Waals surface area contributed by atoms with E-state index in [1.165, 1.54) is 30.5 Å². The third-order valence-electron chi connectivity index (χ3n) is 7.85. The van der Waals surface area contributed by atoms with E-state index in [4.69, 9.17) is 9.72 Å². The summed E-state index contributed by atoms with van der Waals surface area (Å²) in [5, 5.41) is 35.7. The molecule has 6 heterocycles. The Labute approximate surface area is 251 Å². The van der Waals surface area contributed by atoms with Crippen LogP contribution in [0.15, 0.2) is 61.1 Å². The van der Waals surface area contributed by atoms with Gasteiger partial charge in [0.2, 0.25) is 0 Å². The number of nitrogens with one attached hydrogen (secondary N) is 1. The third-order valence-corrected chi connectivity index (χ3v) is 7.85. The van der Waals surface area contributed by atoms with Crippen LogP contribution in [0, 0.1) is 17.1 Å². The number of carbonyl (C=O) groups is 2. The highest BCUT2D eigenvalue weighted by atomic mass is 19.1. The number of amides is 2. The number of benzene rings is 1. The Kier molecular flexibility index (Phi) is 7.30. The van der Waals surface area contributed by atoms with Gasteiger partial charge in [-0.25, -0.2) is 18.7 Å². The molecule has 3 aromatic heterocycles. The van der Waals surface area contributed by atoms with Crippen molar-refractivity contribution in [3.63, 3.8) is 0 Å². The molecule has 3 unspecified atom stereocenters. The Hall–Kier alpha value is -5.22. The summed E-state index contributed by atoms with van der Waals surface area (Å²) < 4.78 is 20.8. The Morgan fingerprint density at radius 3 is 2.52 bits per heavy atom. The average molecular weight is 600 g/mol. The van der Waals surface area contributed by atoms with Crippen molar-refractivity contribution in [3.05, 3.63) is 78.0 Å². The molecule has 0 spiro atoms. The first-order valence-corrected chi connectivity index (χ1v) is 14.1. The number of piperazine rings is 1. The molecule has 4 aromatic rings. The van der Waals surface area contributed by atoms with Gasteiger partial charge in [0, 0.05) is 30.4 Å². The number of ether oxygens (including phenoxy) is 1. The molecule has 3 fully saturated rings. The Bertz CT molecular complexity index is 1750. The number of halogens is 1. The molecular formula is C31H30FN7O5. The van der Waals surface area contributed by atoms with Gasteiger partial charge in [-0.2, -0.15) is 10.4 Å². The summed E-state index contributed by atoms with van der Waals surface area (Å²) in [5.41, 5.74) is 1.78. The molecule has 3 atom stereocenters. The third kappa shape index (κ3) is 5.59. The molecule has 12 nitrogen and oxygen atoms in total. The van der Waals surface area contributed by atoms with Crippen molar-refractivity contribution in [2.75, 3.05) is 24.6 Å². The maximum absolute atomic E-state index is 13.5. The van der Waals surface area contributed by atoms with Gasteiger partial charge in [0.1, 0.15) is 36.1 Å². The van der Waals surface area contributed by atoms with Crippen LogP contribution in [-0.4, -0.2) is 79.1 Å². The van der Waals surface area contributed by atoms with E-state index in [2.05, 4.69) is 21.4 Å². The second kappa shape index (κ2) is 11.1. The molecule has 226 valence electrons. The van der Waals surface area contributed by atoms with E-state index in [1.54, 1.807) is 41.7 Å². The van der Waals surface area contributed by atoms with E-state index >= 15 is 0 Å². The normalized spacial score (nSPS) is 18.3. The monoisotopic (exact) mass is 599 g/mol. The van der Waals surface area contributed by atoms with Crippen LogP contribution in [0.1, 0.15) is 37.4 Å². The second-order valence-electron chi connectivity index (χ2n) is 11.7. The maximum Gasteiger partial charge on any atom is 0.405 e. The lowest BCUT2D eigenvalue weighted by molar-refractivity contribution is -0.148. The number of pyridine rings is 2. The topological polar surface area (TPSA) is 156 Å². The number of hydrogen-bond acceptors (Lipinski definition) is 8. The summed E-state index contributed by atoms with van der Waals surface area (Å²) >= 11 is 0. The van der Waals surface area contributed by atoms with Crippen molar-refractivity contribution >= 4 is 23.3 Å². The van der Waals surface area contributed by atoms with Gasteiger partial charge in [-0.15, -0.1) is 0 Å². The Balaban J connectivity index is 1.20. The standard InChI is InChI=1S/C31H30FN7O5/c1-31(2,43)17-44-24-10-25(28-20(11-33)13-35-38(28)16-24)19-5-8-26(34-12-19)37-14-22-9-23(15-37)39(22)29(40)27(36-30(41)42)18-3-6-21(32)7-4-18/h3-8,10,12-13,16,22-23,27,36,43H,9,14-15,17H2,1-2H3,(H,41,42). The van der Waals surface area contributed by atoms with Crippen molar-refractivity contribution in [1.82, 2.24) is 24.8 Å². The van der Waals surface area contributed by atoms with E-state index < -0.39 is 23.6 Å². The number of nitrogens with zero attached hydrogens (tertiary/aromatic N) is 6. The minimum absolute atomic E-state index is 0.0648. The second-order valence-corrected chi connectivity index (χ2v) is 11.7. The van der Waals surface area contributed by atoms with Crippen LogP contribution in [0.4, 0.5) is 15.0 Å². The van der Waals surface area contributed by atoms with E-state index in [0.717, 1.165) is 12.0 Å². The molecule has 0 saturated carbocycles. The molecule has 0 radical (unpaired) electrons. The zero-order valence-corrected chi connectivity index (χ0v) is 24.0. The van der Waals surface area contributed by atoms with Crippen LogP contribution in [0.3, 0.4) is 0 Å². The highest BCUT2D eigenvalue weighted by Gasteiger charge is 2.49. The van der Waals surface area contributed by atoms with Crippen LogP contribution in [-0.2, 0) is 4.79 Å². The summed E-state index contributed by atoms with van der Waals surface area (Å²) in [5.74, 6) is 0.349. The van der Waals surface area contributed by atoms with Gasteiger partial charge in [0.15, 0.2) is 0 Å². The zero-order valence-electron chi connectivity index (χ0n) is 24.0. The van der Waals surface area contributed by atoms with Crippen molar-refractivity contribution < 1.29 is 28.9 Å². The van der Waals surface area contributed by atoms with E-state index in [1.807, 2.05) is 12.1 Å². The highest BCUT2D eigenvalue weighted by Crippen LogP contribution is 2.37. The number of aromatic nitrogens is 3. The largest absolute Gasteiger partial charge is 0.489 e. The summed E-state index contributed by atoms with van der Waals surface area (Å²) in [7, 11) is 0. The summed E-state index contributed by atoms with van der Waals surface area (Å²) in [6, 6.07) is 11.6. The van der Waals surface area contributed by atoms with Crippen molar-refractivity contribution in [2.24, 2.45) is 0 Å². The Morgan fingerprint density at radius 2 is 1.91 bits per heavy atom. The Morgan fingerprint density at radius 1 is 1.18 bits per heavy atom. The molecule has 0 aliphatic carbocycles. The van der Waals surface area contributed by atoms with Crippen LogP contribution in [0.2, 0.25) is 0 Å². The van der Waals surface area contributed by atoms with Gasteiger partial charge >= 0.3 is 6.09 Å². The average Bonchev–Trinajstić information content (AvgIpc) is 3.42. The van der Waals surface area contributed by atoms with Crippen LogP contribution in [0.5, 0.6) is 5.75 Å². The fourth-order valence-corrected chi connectivity index (χ4v) is 5.84. The summed E-state index contributed by atoms with van der Waals surface area (Å²) in [4.78, 5) is 33.5. The van der Waals surface area contributed by atoms with Crippen LogP contribution >= 0.6 is 0 Å². The lowest BCUT2D eigenvalue weighted by atomic mass is 9.85. The first-order valence-electron chi connectivity index (χ1n) is 14.1. The smallest absolute Gasteiger partial charge is 0.405 e. The number of nitriles is 1. The fourth-order valence-electron chi connectivity index (χ4n) is 5.84. The predicted octanol–water partition coefficient (Wildman–Crippen LogP) is 3.36. The number of anilines is 1. The maximum atomic E-state index is 13.5. The number of carboxylic acid groups (broad SMARTS) is 1. The minimum atomic E-state index is -1.34. The van der Waals surface area contributed by atoms with Gasteiger partial charge in [0.25, 0.3) is 5.91 Å². The number of hydrogen-bond donors (Lipinski definition) is 3. The first kappa shape index (κ1) is 28.9. The molecule has 3 N–H and O–H groups in total. The van der Waals surface area contributed by atoms with E-state index in [0.29, 0.717) is 46.9 Å². The molecule has 2 amide bonds. The van der Waals surface area contributed by atoms with Crippen LogP contribution < -0.4 is 15.0 Å². The lowest BCUT2D eigenvalue weighted by Gasteiger charge is -2.57. The molecule has 1 aromatic carbocycles. The van der Waals surface area contributed by atoms with Gasteiger partial charge in [-0.1, -0.05) is 12.1 Å². The number of piperidine rings is 1. The lowest BCUT2D eigenvalue weighted by Crippen LogP contribution is -2.71. The van der Waals surface area contributed by atoms with E-state index in [-0.39, 0.29) is 24.6 Å². The minimum Gasteiger partial charge on any atom is -0.489 e. The fraction of sp³-hybridized carbons (Fsp3) is 0.323. The van der Waals surface area contributed by atoms with Gasteiger partial charge < -0.3 is 30.1 Å². The molecular weight excluding hydrogens is 569 g/mol. The molecule has 13 heteroatoms. The molecule has 3 saturated heterocycles. The first-order chi connectivity index (χ1) is 21.0. The number of rotatable bonds is 8. The van der Waals surface area contributed by atoms with Crippen molar-refractivity contribution in [1.29, 1.82) is 5.26 Å². The number of fused-ring (bicyclic) bond motifs is 3. The highest BCUT2D eigenvalue weighted by molar-refractivity contribution is 5.88. The van der Waals surface area contributed by atoms with Crippen molar-refractivity contribution in [3.8, 4) is 22.9 Å². The predicted molar refractivity (Wildman–Crippen MR) is 156 cm³/mol. The van der Waals surface area contributed by atoms with Gasteiger partial charge in [-0.3, -0.25) is 4.79 Å². The van der Waals surface area contributed by atoms with E-state index in [9.17, 15) is 29.5 Å².